The van der Waals surface area contributed by atoms with Gasteiger partial charge in [-0.1, -0.05) is 6.08 Å². The Balaban J connectivity index is 0.000000265. The molecule has 5 N–H and O–H groups in total. The number of nitrogens with one attached hydrogen (secondary N) is 1. The van der Waals surface area contributed by atoms with Gasteiger partial charge in [-0.05, 0) is 0 Å². The lowest BCUT2D eigenvalue weighted by atomic mass is 10.3. The Morgan fingerprint density at radius 3 is 2.73 bits per heavy atom. The fourth-order valence-electron chi connectivity index (χ4n) is 0.624. The van der Waals surface area contributed by atoms with Crippen LogP contribution in [0.2, 0.25) is 0 Å². The molecule has 15 heavy (non-hydrogen) atoms. The molecule has 0 saturated heterocycles. The molecule has 1 aromatic heterocycles. The van der Waals surface area contributed by atoms with E-state index >= 15 is 0 Å². The van der Waals surface area contributed by atoms with Gasteiger partial charge in [0.25, 0.3) is 0 Å². The normalized spacial score (nSPS) is 11.1. The molecule has 1 atom stereocenters. The van der Waals surface area contributed by atoms with E-state index in [0.29, 0.717) is 0 Å². The highest BCUT2D eigenvalue weighted by Gasteiger charge is 2.06. The molecule has 0 saturated carbocycles. The van der Waals surface area contributed by atoms with Crippen molar-refractivity contribution in [3.05, 3.63) is 30.9 Å². The van der Waals surface area contributed by atoms with Crippen molar-refractivity contribution >= 4 is 5.97 Å². The number of rotatable bonds is 4. The number of hydrogen-bond acceptors (Lipinski definition) is 4. The number of aromatic amines is 1. The summed E-state index contributed by atoms with van der Waals surface area (Å²) in [6.45, 7) is 3.07. The summed E-state index contributed by atoms with van der Waals surface area (Å²) in [7, 11) is 0. The minimum absolute atomic E-state index is 0.505. The SMILES string of the molecule is C=CCc1ncc[nH]1.NC(CO)C(=O)O. The Hall–Kier alpha value is -1.66. The van der Waals surface area contributed by atoms with Gasteiger partial charge in [0.05, 0.1) is 6.61 Å². The lowest BCUT2D eigenvalue weighted by molar-refractivity contribution is -0.139. The molecule has 6 heteroatoms. The maximum Gasteiger partial charge on any atom is 0.322 e. The van der Waals surface area contributed by atoms with Crippen LogP contribution < -0.4 is 5.73 Å². The third-order valence-corrected chi connectivity index (χ3v) is 1.41. The molecule has 84 valence electrons. The second kappa shape index (κ2) is 7.72. The largest absolute Gasteiger partial charge is 0.480 e. The predicted molar refractivity (Wildman–Crippen MR) is 55.2 cm³/mol. The van der Waals surface area contributed by atoms with Gasteiger partial charge in [0.2, 0.25) is 0 Å². The van der Waals surface area contributed by atoms with Crippen LogP contribution >= 0.6 is 0 Å². The summed E-state index contributed by atoms with van der Waals surface area (Å²) in [4.78, 5) is 16.6. The number of nitrogens with two attached hydrogens (primary N) is 1. The smallest absolute Gasteiger partial charge is 0.322 e. The molecular weight excluding hydrogens is 198 g/mol. The van der Waals surface area contributed by atoms with Crippen molar-refractivity contribution in [2.75, 3.05) is 6.61 Å². The molecule has 0 aliphatic heterocycles. The van der Waals surface area contributed by atoms with Crippen molar-refractivity contribution in [3.8, 4) is 0 Å². The van der Waals surface area contributed by atoms with E-state index in [4.69, 9.17) is 15.9 Å². The molecule has 0 amide bonds. The monoisotopic (exact) mass is 213 g/mol. The summed E-state index contributed by atoms with van der Waals surface area (Å²) in [6.07, 6.45) is 6.18. The summed E-state index contributed by atoms with van der Waals surface area (Å²) in [6, 6.07) is -1.13. The van der Waals surface area contributed by atoms with Crippen molar-refractivity contribution in [1.82, 2.24) is 9.97 Å². The van der Waals surface area contributed by atoms with E-state index in [0.717, 1.165) is 12.2 Å². The second-order valence-corrected chi connectivity index (χ2v) is 2.66. The highest BCUT2D eigenvalue weighted by atomic mass is 16.4. The Morgan fingerprint density at radius 2 is 2.47 bits per heavy atom. The van der Waals surface area contributed by atoms with Gasteiger partial charge in [0, 0.05) is 18.8 Å². The molecule has 1 heterocycles. The van der Waals surface area contributed by atoms with Gasteiger partial charge < -0.3 is 20.9 Å². The number of aliphatic carboxylic acids is 1. The number of aliphatic hydroxyl groups excluding tert-OH is 1. The summed E-state index contributed by atoms with van der Waals surface area (Å²) >= 11 is 0. The van der Waals surface area contributed by atoms with Crippen LogP contribution in [0.1, 0.15) is 5.82 Å². The quantitative estimate of drug-likeness (QED) is 0.505. The first kappa shape index (κ1) is 13.3. The molecule has 0 radical (unpaired) electrons. The number of aliphatic hydroxyl groups is 1. The number of aromatic nitrogens is 2. The molecule has 1 unspecified atom stereocenters. The highest BCUT2D eigenvalue weighted by Crippen LogP contribution is 1.88. The first-order valence-corrected chi connectivity index (χ1v) is 4.30. The van der Waals surface area contributed by atoms with Crippen molar-refractivity contribution in [2.24, 2.45) is 5.73 Å². The van der Waals surface area contributed by atoms with Crippen LogP contribution in [-0.4, -0.2) is 38.8 Å². The van der Waals surface area contributed by atoms with Crippen LogP contribution in [0, 0.1) is 0 Å². The van der Waals surface area contributed by atoms with Crippen LogP contribution in [0.25, 0.3) is 0 Å². The average Bonchev–Trinajstić information content (AvgIpc) is 2.71. The molecule has 0 aliphatic carbocycles. The first-order valence-electron chi connectivity index (χ1n) is 4.30. The lowest BCUT2D eigenvalue weighted by Crippen LogP contribution is -2.33. The van der Waals surface area contributed by atoms with E-state index in [2.05, 4.69) is 16.5 Å². The van der Waals surface area contributed by atoms with Crippen molar-refractivity contribution in [1.29, 1.82) is 0 Å². The average molecular weight is 213 g/mol. The van der Waals surface area contributed by atoms with Gasteiger partial charge >= 0.3 is 5.97 Å². The van der Waals surface area contributed by atoms with E-state index in [1.807, 2.05) is 6.08 Å². The molecule has 0 spiro atoms. The standard InChI is InChI=1S/C6H8N2.C3H7NO3/c1-2-3-6-7-4-5-8-6;4-2(1-5)3(6)7/h2,4-5H,1,3H2,(H,7,8);2,5H,1,4H2,(H,6,7). The zero-order chi connectivity index (χ0) is 11.7. The topological polar surface area (TPSA) is 112 Å². The number of carboxylic acid groups (broad SMARTS) is 1. The third kappa shape index (κ3) is 6.42. The van der Waals surface area contributed by atoms with Crippen LogP contribution in [-0.2, 0) is 11.2 Å². The zero-order valence-corrected chi connectivity index (χ0v) is 8.26. The van der Waals surface area contributed by atoms with Crippen LogP contribution in [0.4, 0.5) is 0 Å². The van der Waals surface area contributed by atoms with Crippen molar-refractivity contribution < 1.29 is 15.0 Å². The first-order chi connectivity index (χ1) is 7.11. The van der Waals surface area contributed by atoms with Gasteiger partial charge in [-0.15, -0.1) is 6.58 Å². The molecule has 0 aromatic carbocycles. The molecular formula is C9H15N3O3. The van der Waals surface area contributed by atoms with Crippen LogP contribution in [0.15, 0.2) is 25.0 Å². The maximum absolute atomic E-state index is 9.65. The van der Waals surface area contributed by atoms with Gasteiger partial charge in [-0.2, -0.15) is 0 Å². The molecule has 0 aliphatic rings. The number of carboxylic acids is 1. The van der Waals surface area contributed by atoms with E-state index in [-0.39, 0.29) is 0 Å². The van der Waals surface area contributed by atoms with Gasteiger partial charge in [-0.25, -0.2) is 4.98 Å². The Bertz CT molecular complexity index is 285. The fourth-order valence-corrected chi connectivity index (χ4v) is 0.624. The van der Waals surface area contributed by atoms with Crippen LogP contribution in [0.5, 0.6) is 0 Å². The summed E-state index contributed by atoms with van der Waals surface area (Å²) < 4.78 is 0. The Labute approximate surface area is 87.5 Å². The summed E-state index contributed by atoms with van der Waals surface area (Å²) in [5.74, 6) is -0.206. The van der Waals surface area contributed by atoms with Gasteiger partial charge in [-0.3, -0.25) is 4.79 Å². The third-order valence-electron chi connectivity index (χ3n) is 1.41. The Morgan fingerprint density at radius 1 is 1.80 bits per heavy atom. The van der Waals surface area contributed by atoms with Crippen molar-refractivity contribution in [3.63, 3.8) is 0 Å². The van der Waals surface area contributed by atoms with Crippen LogP contribution in [0.3, 0.4) is 0 Å². The van der Waals surface area contributed by atoms with E-state index in [9.17, 15) is 4.79 Å². The van der Waals surface area contributed by atoms with E-state index < -0.39 is 18.6 Å². The molecule has 0 fully saturated rings. The minimum Gasteiger partial charge on any atom is -0.480 e. The van der Waals surface area contributed by atoms with Gasteiger partial charge in [0.15, 0.2) is 0 Å². The number of nitrogens with zero attached hydrogens (tertiary/aromatic N) is 1. The second-order valence-electron chi connectivity index (χ2n) is 2.66. The minimum atomic E-state index is -1.18. The number of hydrogen-bond donors (Lipinski definition) is 4. The number of carbonyl (C=O) groups is 1. The zero-order valence-electron chi connectivity index (χ0n) is 8.26. The maximum atomic E-state index is 9.65. The molecule has 1 aromatic rings. The summed E-state index contributed by atoms with van der Waals surface area (Å²) in [5, 5.41) is 15.9. The van der Waals surface area contributed by atoms with E-state index in [1.54, 1.807) is 12.4 Å². The summed E-state index contributed by atoms with van der Waals surface area (Å²) in [5.41, 5.74) is 4.77. The Kier molecular flexibility index (Phi) is 6.86. The fraction of sp³-hybridized carbons (Fsp3) is 0.333. The number of H-pyrrole nitrogens is 1. The number of allylic oxidation sites excluding steroid dienone is 1. The molecule has 6 nitrogen and oxygen atoms in total. The lowest BCUT2D eigenvalue weighted by Gasteiger charge is -1.96. The van der Waals surface area contributed by atoms with Crippen molar-refractivity contribution in [2.45, 2.75) is 12.5 Å². The van der Waals surface area contributed by atoms with Gasteiger partial charge in [0.1, 0.15) is 11.9 Å². The predicted octanol–water partition coefficient (Wildman–Crippen LogP) is -0.471. The van der Waals surface area contributed by atoms with E-state index in [1.165, 1.54) is 0 Å². The number of imidazole rings is 1. The molecule has 0 bridgehead atoms. The highest BCUT2D eigenvalue weighted by molar-refractivity contribution is 5.73. The molecule has 1 rings (SSSR count).